The van der Waals surface area contributed by atoms with Crippen LogP contribution in [0.2, 0.25) is 0 Å². The van der Waals surface area contributed by atoms with Crippen molar-refractivity contribution in [3.8, 4) is 0 Å². The van der Waals surface area contributed by atoms with Gasteiger partial charge in [-0.25, -0.2) is 4.79 Å². The van der Waals surface area contributed by atoms with Crippen LogP contribution in [0.3, 0.4) is 0 Å². The average Bonchev–Trinajstić information content (AvgIpc) is 2.11. The van der Waals surface area contributed by atoms with Crippen LogP contribution in [0.4, 0.5) is 0 Å². The zero-order chi connectivity index (χ0) is 11.9. The highest BCUT2D eigenvalue weighted by Crippen LogP contribution is 2.02. The Morgan fingerprint density at radius 2 is 2.07 bits per heavy atom. The van der Waals surface area contributed by atoms with Crippen LogP contribution < -0.4 is 0 Å². The Labute approximate surface area is 89.9 Å². The molecule has 0 radical (unpaired) electrons. The van der Waals surface area contributed by atoms with E-state index >= 15 is 0 Å². The van der Waals surface area contributed by atoms with Gasteiger partial charge >= 0.3 is 5.97 Å². The van der Waals surface area contributed by atoms with Gasteiger partial charge < -0.3 is 4.74 Å². The van der Waals surface area contributed by atoms with Crippen LogP contribution in [-0.2, 0) is 19.6 Å². The molecule has 0 unspecified atom stereocenters. The Bertz CT molecular complexity index is 328. The Morgan fingerprint density at radius 1 is 1.47 bits per heavy atom. The van der Waals surface area contributed by atoms with Gasteiger partial charge in [0.05, 0.1) is 12.4 Å². The first-order valence-corrected chi connectivity index (χ1v) is 6.26. The summed E-state index contributed by atoms with van der Waals surface area (Å²) in [6, 6.07) is 0. The van der Waals surface area contributed by atoms with Gasteiger partial charge in [0.25, 0.3) is 10.1 Å². The molecule has 0 rings (SSSR count). The minimum absolute atomic E-state index is 0.287. The molecule has 0 saturated heterocycles. The topological polar surface area (TPSA) is 80.7 Å². The van der Waals surface area contributed by atoms with Crippen LogP contribution in [0, 0.1) is 0 Å². The summed E-state index contributed by atoms with van der Waals surface area (Å²) < 4.78 is 33.9. The third-order valence-electron chi connectivity index (χ3n) is 1.65. The lowest BCUT2D eigenvalue weighted by Crippen LogP contribution is -2.06. The SMILES string of the molecule is CCOC(=O)C(C)=CCCCS(=O)(=O)O. The molecule has 0 fully saturated rings. The Balaban J connectivity index is 3.92. The number of hydrogen-bond acceptors (Lipinski definition) is 4. The van der Waals surface area contributed by atoms with E-state index in [1.807, 2.05) is 0 Å². The maximum atomic E-state index is 11.1. The lowest BCUT2D eigenvalue weighted by atomic mass is 10.2. The molecule has 0 spiro atoms. The first kappa shape index (κ1) is 14.1. The van der Waals surface area contributed by atoms with E-state index in [0.717, 1.165) is 0 Å². The normalized spacial score (nSPS) is 12.6. The fourth-order valence-electron chi connectivity index (χ4n) is 0.913. The molecular formula is C9H16O5S. The van der Waals surface area contributed by atoms with Gasteiger partial charge in [-0.15, -0.1) is 0 Å². The van der Waals surface area contributed by atoms with E-state index in [1.165, 1.54) is 0 Å². The fourth-order valence-corrected chi connectivity index (χ4v) is 1.44. The molecule has 0 saturated carbocycles. The van der Waals surface area contributed by atoms with Crippen LogP contribution in [0.5, 0.6) is 0 Å². The number of rotatable bonds is 6. The predicted molar refractivity (Wildman–Crippen MR) is 56.0 cm³/mol. The zero-order valence-electron chi connectivity index (χ0n) is 8.89. The Morgan fingerprint density at radius 3 is 2.53 bits per heavy atom. The molecule has 0 aromatic heterocycles. The van der Waals surface area contributed by atoms with Crippen LogP contribution in [0.25, 0.3) is 0 Å². The predicted octanol–water partition coefficient (Wildman–Crippen LogP) is 1.16. The van der Waals surface area contributed by atoms with Gasteiger partial charge in [-0.3, -0.25) is 4.55 Å². The molecule has 88 valence electrons. The maximum absolute atomic E-state index is 11.1. The largest absolute Gasteiger partial charge is 0.463 e. The van der Waals surface area contributed by atoms with Gasteiger partial charge in [-0.2, -0.15) is 8.42 Å². The minimum atomic E-state index is -3.90. The number of carbonyl (C=O) groups excluding carboxylic acids is 1. The van der Waals surface area contributed by atoms with Gasteiger partial charge in [0.1, 0.15) is 0 Å². The van der Waals surface area contributed by atoms with Crippen molar-refractivity contribution in [2.45, 2.75) is 26.7 Å². The van der Waals surface area contributed by atoms with Crippen molar-refractivity contribution in [2.24, 2.45) is 0 Å². The molecule has 5 nitrogen and oxygen atoms in total. The lowest BCUT2D eigenvalue weighted by molar-refractivity contribution is -0.138. The van der Waals surface area contributed by atoms with Gasteiger partial charge in [-0.05, 0) is 26.7 Å². The first-order chi connectivity index (χ1) is 6.87. The van der Waals surface area contributed by atoms with Crippen molar-refractivity contribution in [2.75, 3.05) is 12.4 Å². The molecule has 0 aliphatic rings. The van der Waals surface area contributed by atoms with Crippen molar-refractivity contribution in [1.29, 1.82) is 0 Å². The second-order valence-corrected chi connectivity index (χ2v) is 4.61. The summed E-state index contributed by atoms with van der Waals surface area (Å²) in [4.78, 5) is 11.1. The molecule has 0 aliphatic carbocycles. The summed E-state index contributed by atoms with van der Waals surface area (Å²) in [5.41, 5.74) is 0.451. The molecule has 15 heavy (non-hydrogen) atoms. The average molecular weight is 236 g/mol. The molecule has 0 heterocycles. The van der Waals surface area contributed by atoms with Crippen molar-refractivity contribution in [3.05, 3.63) is 11.6 Å². The van der Waals surface area contributed by atoms with Crippen LogP contribution in [0.15, 0.2) is 11.6 Å². The Hall–Kier alpha value is -0.880. The molecule has 0 amide bonds. The van der Waals surface area contributed by atoms with Crippen molar-refractivity contribution in [1.82, 2.24) is 0 Å². The second-order valence-electron chi connectivity index (χ2n) is 3.04. The molecule has 6 heteroatoms. The third-order valence-corrected chi connectivity index (χ3v) is 2.46. The van der Waals surface area contributed by atoms with Crippen LogP contribution in [-0.4, -0.2) is 31.3 Å². The van der Waals surface area contributed by atoms with E-state index < -0.39 is 16.1 Å². The highest BCUT2D eigenvalue weighted by Gasteiger charge is 2.05. The highest BCUT2D eigenvalue weighted by atomic mass is 32.2. The molecule has 0 aliphatic heterocycles. The number of hydrogen-bond donors (Lipinski definition) is 1. The van der Waals surface area contributed by atoms with E-state index in [9.17, 15) is 13.2 Å². The zero-order valence-corrected chi connectivity index (χ0v) is 9.71. The van der Waals surface area contributed by atoms with E-state index in [1.54, 1.807) is 19.9 Å². The number of esters is 1. The lowest BCUT2D eigenvalue weighted by Gasteiger charge is -2.01. The summed E-state index contributed by atoms with van der Waals surface area (Å²) in [5, 5.41) is 0. The number of carbonyl (C=O) groups is 1. The van der Waals surface area contributed by atoms with Crippen molar-refractivity contribution < 1.29 is 22.5 Å². The number of unbranched alkanes of at least 4 members (excludes halogenated alkanes) is 1. The molecule has 0 bridgehead atoms. The van der Waals surface area contributed by atoms with E-state index in [-0.39, 0.29) is 12.2 Å². The van der Waals surface area contributed by atoms with Crippen LogP contribution in [0.1, 0.15) is 26.7 Å². The second kappa shape index (κ2) is 6.58. The van der Waals surface area contributed by atoms with Crippen molar-refractivity contribution >= 4 is 16.1 Å². The van der Waals surface area contributed by atoms with Crippen molar-refractivity contribution in [3.63, 3.8) is 0 Å². The van der Waals surface area contributed by atoms with Gasteiger partial charge in [0.15, 0.2) is 0 Å². The summed E-state index contributed by atoms with van der Waals surface area (Å²) in [7, 11) is -3.90. The first-order valence-electron chi connectivity index (χ1n) is 4.66. The third kappa shape index (κ3) is 8.14. The summed E-state index contributed by atoms with van der Waals surface area (Å²) >= 11 is 0. The minimum Gasteiger partial charge on any atom is -0.463 e. The summed E-state index contributed by atoms with van der Waals surface area (Å²) in [6.07, 6.45) is 2.31. The van der Waals surface area contributed by atoms with E-state index in [4.69, 9.17) is 9.29 Å². The quantitative estimate of drug-likeness (QED) is 0.324. The number of allylic oxidation sites excluding steroid dienone is 1. The summed E-state index contributed by atoms with van der Waals surface area (Å²) in [6.45, 7) is 3.63. The maximum Gasteiger partial charge on any atom is 0.333 e. The van der Waals surface area contributed by atoms with E-state index in [0.29, 0.717) is 18.6 Å². The monoisotopic (exact) mass is 236 g/mol. The Kier molecular flexibility index (Phi) is 6.19. The smallest absolute Gasteiger partial charge is 0.333 e. The van der Waals surface area contributed by atoms with Gasteiger partial charge in [0, 0.05) is 5.57 Å². The summed E-state index contributed by atoms with van der Waals surface area (Å²) in [5.74, 6) is -0.691. The molecular weight excluding hydrogens is 220 g/mol. The van der Waals surface area contributed by atoms with E-state index in [2.05, 4.69) is 0 Å². The molecule has 0 aromatic rings. The standard InChI is InChI=1S/C9H16O5S/c1-3-14-9(10)8(2)6-4-5-7-15(11,12)13/h6H,3-5,7H2,1-2H3,(H,11,12,13). The van der Waals surface area contributed by atoms with Gasteiger partial charge in [-0.1, -0.05) is 6.08 Å². The highest BCUT2D eigenvalue weighted by molar-refractivity contribution is 7.85. The molecule has 0 atom stereocenters. The molecule has 0 aromatic carbocycles. The molecule has 1 N–H and O–H groups in total. The number of ether oxygens (including phenoxy) is 1. The fraction of sp³-hybridized carbons (Fsp3) is 0.667. The van der Waals surface area contributed by atoms with Crippen LogP contribution >= 0.6 is 0 Å². The van der Waals surface area contributed by atoms with Gasteiger partial charge in [0.2, 0.25) is 0 Å².